The fourth-order valence-corrected chi connectivity index (χ4v) is 32.4. The van der Waals surface area contributed by atoms with Crippen LogP contribution in [0.15, 0.2) is 88.2 Å². The van der Waals surface area contributed by atoms with Gasteiger partial charge < -0.3 is 0 Å². The number of hydrogen-bond acceptors (Lipinski definition) is 0. The molecule has 242 valence electrons. The van der Waals surface area contributed by atoms with Crippen LogP contribution >= 0.6 is 24.8 Å². The second-order valence-corrected chi connectivity index (χ2v) is 30.7. The van der Waals surface area contributed by atoms with E-state index in [4.69, 9.17) is 4.21 Å². The first-order chi connectivity index (χ1) is 21.5. The zero-order chi connectivity index (χ0) is 29.9. The molecule has 2 saturated carbocycles. The van der Waals surface area contributed by atoms with Crippen molar-refractivity contribution in [2.24, 2.45) is 11.8 Å². The van der Waals surface area contributed by atoms with Crippen molar-refractivity contribution in [2.45, 2.75) is 98.1 Å². The standard InChI is InChI=1S/C21H13.2C8H15.C5H5.CH2.2ClH.Zr/c1-2-8-15-14(7-1)13-20-18-11-4-3-9-16(18)17-10-5-6-12-19(17)21(15)20;2*1-2-8-6-4-3-5-7-8;1-2-4-5-3-1;;;;/h1-10,12H,13H2;2*2,8H,3-7H2,1H3;1-3H,4H2;1H2;2*1H;. The normalized spacial score (nSPS) is 20.0. The first kappa shape index (κ1) is 34.1. The Hall–Kier alpha value is -1.79. The Morgan fingerprint density at radius 3 is 1.89 bits per heavy atom. The first-order valence-corrected chi connectivity index (χ1v) is 25.0. The maximum atomic E-state index is 6.01. The predicted molar refractivity (Wildman–Crippen MR) is 205 cm³/mol. The van der Waals surface area contributed by atoms with Gasteiger partial charge in [0.2, 0.25) is 0 Å². The van der Waals surface area contributed by atoms with Gasteiger partial charge in [-0.25, -0.2) is 0 Å². The molecule has 0 spiro atoms. The SMILES string of the molecule is Cl.Cl.[CH2]=[Zr]([C]1=CC=CC1)([c]1cccc2c1c1c(c3ccccc32)-c2ccccc2C1)([CH](C)C1CCCCC1)[CH](C)C1CCCCC1. The number of benzene rings is 4. The Bertz CT molecular complexity index is 1850. The molecule has 0 aromatic heterocycles. The first-order valence-electron chi connectivity index (χ1n) is 18.0. The van der Waals surface area contributed by atoms with Crippen LogP contribution in [-0.2, 0) is 24.7 Å². The van der Waals surface area contributed by atoms with Gasteiger partial charge >= 0.3 is 268 Å². The Morgan fingerprint density at radius 2 is 1.26 bits per heavy atom. The molecule has 0 aliphatic heterocycles. The van der Waals surface area contributed by atoms with Crippen molar-refractivity contribution >= 4 is 53.8 Å². The maximum absolute atomic E-state index is 6.01. The van der Waals surface area contributed by atoms with E-state index in [1.54, 1.807) is 17.5 Å². The molecule has 3 heteroatoms. The summed E-state index contributed by atoms with van der Waals surface area (Å²) >= 11 is -4.38. The molecule has 2 unspecified atom stereocenters. The summed E-state index contributed by atoms with van der Waals surface area (Å²) < 4.78 is 10.9. The Labute approximate surface area is 290 Å². The van der Waals surface area contributed by atoms with E-state index in [1.165, 1.54) is 97.1 Å². The fraction of sp³-hybridized carbons (Fsp3) is 0.419. The van der Waals surface area contributed by atoms with Gasteiger partial charge in [0.05, 0.1) is 0 Å². The van der Waals surface area contributed by atoms with Crippen molar-refractivity contribution in [1.82, 2.24) is 0 Å². The number of rotatable bonds is 6. The van der Waals surface area contributed by atoms with Crippen LogP contribution in [-0.4, -0.2) is 4.21 Å². The number of halogens is 2. The van der Waals surface area contributed by atoms with E-state index in [0.717, 1.165) is 24.7 Å². The minimum atomic E-state index is -4.38. The van der Waals surface area contributed by atoms with E-state index >= 15 is 0 Å². The Balaban J connectivity index is 0.00000186. The molecule has 4 aromatic rings. The minimum absolute atomic E-state index is 0. The molecule has 46 heavy (non-hydrogen) atoms. The van der Waals surface area contributed by atoms with Crippen molar-refractivity contribution in [2.75, 3.05) is 0 Å². The van der Waals surface area contributed by atoms with Crippen LogP contribution in [0.2, 0.25) is 7.25 Å². The zero-order valence-corrected chi connectivity index (χ0v) is 32.0. The molecule has 0 nitrogen and oxygen atoms in total. The van der Waals surface area contributed by atoms with Gasteiger partial charge in [-0.15, -0.1) is 24.8 Å². The molecule has 0 amide bonds. The van der Waals surface area contributed by atoms with Crippen LogP contribution in [0, 0.1) is 11.8 Å². The average molecular weight is 731 g/mol. The van der Waals surface area contributed by atoms with E-state index in [1.807, 2.05) is 0 Å². The summed E-state index contributed by atoms with van der Waals surface area (Å²) in [4.78, 5) is 0. The zero-order valence-electron chi connectivity index (χ0n) is 27.9. The van der Waals surface area contributed by atoms with Crippen LogP contribution < -0.4 is 3.27 Å². The fourth-order valence-electron chi connectivity index (χ4n) is 11.3. The third-order valence-corrected chi connectivity index (χ3v) is 35.1. The number of allylic oxidation sites excluding steroid dienone is 4. The molecule has 4 aliphatic carbocycles. The van der Waals surface area contributed by atoms with Gasteiger partial charge in [0.15, 0.2) is 0 Å². The van der Waals surface area contributed by atoms with Gasteiger partial charge in [-0.05, 0) is 0 Å². The summed E-state index contributed by atoms with van der Waals surface area (Å²) in [6.45, 7) is 5.48. The van der Waals surface area contributed by atoms with E-state index in [0.29, 0.717) is 7.25 Å². The molecule has 2 fully saturated rings. The summed E-state index contributed by atoms with van der Waals surface area (Å²) in [6, 6.07) is 26.1. The summed E-state index contributed by atoms with van der Waals surface area (Å²) in [6.07, 6.45) is 23.7. The third-order valence-electron chi connectivity index (χ3n) is 13.8. The van der Waals surface area contributed by atoms with Crippen molar-refractivity contribution in [3.8, 4) is 11.1 Å². The molecule has 2 atom stereocenters. The third kappa shape index (κ3) is 4.88. The molecule has 0 N–H and O–H groups in total. The summed E-state index contributed by atoms with van der Waals surface area (Å²) in [7, 11) is 0. The topological polar surface area (TPSA) is 0 Å². The molecule has 0 radical (unpaired) electrons. The second-order valence-electron chi connectivity index (χ2n) is 15.3. The van der Waals surface area contributed by atoms with Gasteiger partial charge in [0.1, 0.15) is 0 Å². The van der Waals surface area contributed by atoms with Gasteiger partial charge in [0, 0.05) is 0 Å². The summed E-state index contributed by atoms with van der Waals surface area (Å²) in [5.74, 6) is 1.58. The molecular formula is C43H52Cl2Zr. The summed E-state index contributed by atoms with van der Waals surface area (Å²) in [5.41, 5.74) is 6.06. The number of hydrogen-bond donors (Lipinski definition) is 0. The average Bonchev–Trinajstić information content (AvgIpc) is 3.78. The predicted octanol–water partition coefficient (Wildman–Crippen LogP) is 12.8. The molecule has 8 rings (SSSR count). The van der Waals surface area contributed by atoms with Crippen LogP contribution in [0.25, 0.3) is 32.7 Å². The van der Waals surface area contributed by atoms with Crippen LogP contribution in [0.3, 0.4) is 0 Å². The molecule has 4 aliphatic rings. The van der Waals surface area contributed by atoms with Crippen molar-refractivity contribution in [3.63, 3.8) is 0 Å². The quantitative estimate of drug-likeness (QED) is 0.153. The molecular weight excluding hydrogens is 679 g/mol. The second kappa shape index (κ2) is 13.3. The van der Waals surface area contributed by atoms with Gasteiger partial charge in [-0.2, -0.15) is 0 Å². The Morgan fingerprint density at radius 1 is 0.674 bits per heavy atom. The molecule has 0 heterocycles. The van der Waals surface area contributed by atoms with Crippen molar-refractivity contribution in [3.05, 3.63) is 99.4 Å². The van der Waals surface area contributed by atoms with Crippen LogP contribution in [0.5, 0.6) is 0 Å². The van der Waals surface area contributed by atoms with Crippen molar-refractivity contribution < 1.29 is 18.3 Å². The summed E-state index contributed by atoms with van der Waals surface area (Å²) in [5, 5.41) is 5.94. The van der Waals surface area contributed by atoms with E-state index in [9.17, 15) is 0 Å². The molecule has 0 saturated heterocycles. The van der Waals surface area contributed by atoms with Gasteiger partial charge in [-0.1, -0.05) is 0 Å². The van der Waals surface area contributed by atoms with E-state index < -0.39 is 18.3 Å². The van der Waals surface area contributed by atoms with Crippen LogP contribution in [0.4, 0.5) is 0 Å². The molecule has 4 aromatic carbocycles. The monoisotopic (exact) mass is 728 g/mol. The van der Waals surface area contributed by atoms with Gasteiger partial charge in [-0.3, -0.25) is 0 Å². The van der Waals surface area contributed by atoms with Crippen LogP contribution in [0.1, 0.15) is 95.6 Å². The van der Waals surface area contributed by atoms with E-state index in [-0.39, 0.29) is 24.8 Å². The van der Waals surface area contributed by atoms with Crippen molar-refractivity contribution in [1.29, 1.82) is 0 Å². The number of fused-ring (bicyclic) bond motifs is 8. The molecule has 0 bridgehead atoms. The van der Waals surface area contributed by atoms with E-state index in [2.05, 4.69) is 98.8 Å². The van der Waals surface area contributed by atoms with Gasteiger partial charge in [0.25, 0.3) is 0 Å². The Kier molecular flexibility index (Phi) is 9.82.